The standard InChI is InChI=1S/C17H18ClN3O3/c18-13-3-1-2-4-15(13)21-8-5-14(19-21)16(22)20-9-6-17(7-10-20)23-11-12-24-17/h1-5,8H,6-7,9-12H2. The fraction of sp³-hybridized carbons (Fsp3) is 0.412. The summed E-state index contributed by atoms with van der Waals surface area (Å²) in [5, 5.41) is 4.98. The van der Waals surface area contributed by atoms with Crippen molar-refractivity contribution in [3.63, 3.8) is 0 Å². The Bertz CT molecular complexity index is 745. The fourth-order valence-corrected chi connectivity index (χ4v) is 3.43. The highest BCUT2D eigenvalue weighted by atomic mass is 35.5. The van der Waals surface area contributed by atoms with Crippen molar-refractivity contribution in [1.29, 1.82) is 0 Å². The molecule has 2 aliphatic rings. The lowest BCUT2D eigenvalue weighted by Crippen LogP contribution is -2.47. The second-order valence-corrected chi connectivity index (χ2v) is 6.40. The summed E-state index contributed by atoms with van der Waals surface area (Å²) in [6.07, 6.45) is 3.15. The number of halogens is 1. The third-order valence-electron chi connectivity index (χ3n) is 4.53. The number of amides is 1. The number of para-hydroxylation sites is 1. The van der Waals surface area contributed by atoms with Gasteiger partial charge in [0.15, 0.2) is 11.5 Å². The molecule has 1 aromatic heterocycles. The summed E-state index contributed by atoms with van der Waals surface area (Å²) in [5.41, 5.74) is 1.17. The van der Waals surface area contributed by atoms with E-state index in [1.165, 1.54) is 0 Å². The lowest BCUT2D eigenvalue weighted by molar-refractivity contribution is -0.181. The van der Waals surface area contributed by atoms with Gasteiger partial charge in [0.05, 0.1) is 23.9 Å². The highest BCUT2D eigenvalue weighted by Crippen LogP contribution is 2.31. The van der Waals surface area contributed by atoms with E-state index < -0.39 is 5.79 Å². The third-order valence-corrected chi connectivity index (χ3v) is 4.85. The van der Waals surface area contributed by atoms with Gasteiger partial charge in [-0.3, -0.25) is 4.79 Å². The van der Waals surface area contributed by atoms with Crippen LogP contribution in [0.3, 0.4) is 0 Å². The molecule has 1 amide bonds. The van der Waals surface area contributed by atoms with E-state index in [4.69, 9.17) is 21.1 Å². The summed E-state index contributed by atoms with van der Waals surface area (Å²) in [4.78, 5) is 14.5. The summed E-state index contributed by atoms with van der Waals surface area (Å²) in [6, 6.07) is 9.13. The van der Waals surface area contributed by atoms with Gasteiger partial charge < -0.3 is 14.4 Å². The molecule has 7 heteroatoms. The van der Waals surface area contributed by atoms with E-state index in [-0.39, 0.29) is 5.91 Å². The third kappa shape index (κ3) is 2.81. The van der Waals surface area contributed by atoms with Crippen molar-refractivity contribution in [3.8, 4) is 5.69 Å². The second kappa shape index (κ2) is 6.20. The second-order valence-electron chi connectivity index (χ2n) is 6.00. The average molecular weight is 348 g/mol. The molecule has 0 atom stereocenters. The molecule has 126 valence electrons. The fourth-order valence-electron chi connectivity index (χ4n) is 3.21. The molecule has 1 aromatic carbocycles. The molecular formula is C17H18ClN3O3. The molecule has 2 fully saturated rings. The van der Waals surface area contributed by atoms with Gasteiger partial charge in [0.2, 0.25) is 0 Å². The van der Waals surface area contributed by atoms with Gasteiger partial charge in [0.1, 0.15) is 0 Å². The number of carbonyl (C=O) groups excluding carboxylic acids is 1. The summed E-state index contributed by atoms with van der Waals surface area (Å²) >= 11 is 6.18. The number of piperidine rings is 1. The minimum absolute atomic E-state index is 0.0753. The molecule has 0 saturated carbocycles. The van der Waals surface area contributed by atoms with E-state index in [0.717, 1.165) is 5.69 Å². The van der Waals surface area contributed by atoms with Crippen LogP contribution in [-0.4, -0.2) is 52.7 Å². The van der Waals surface area contributed by atoms with Crippen molar-refractivity contribution in [3.05, 3.63) is 47.2 Å². The van der Waals surface area contributed by atoms with E-state index in [0.29, 0.717) is 49.9 Å². The van der Waals surface area contributed by atoms with Gasteiger partial charge in [-0.15, -0.1) is 0 Å². The summed E-state index contributed by atoms with van der Waals surface area (Å²) in [5.74, 6) is -0.554. The average Bonchev–Trinajstić information content (AvgIpc) is 3.26. The Labute approximate surface area is 144 Å². The van der Waals surface area contributed by atoms with Crippen molar-refractivity contribution in [1.82, 2.24) is 14.7 Å². The smallest absolute Gasteiger partial charge is 0.274 e. The van der Waals surface area contributed by atoms with Crippen LogP contribution >= 0.6 is 11.6 Å². The molecule has 2 saturated heterocycles. The van der Waals surface area contributed by atoms with Crippen LogP contribution in [0.15, 0.2) is 36.5 Å². The monoisotopic (exact) mass is 347 g/mol. The topological polar surface area (TPSA) is 56.6 Å². The highest BCUT2D eigenvalue weighted by Gasteiger charge is 2.41. The molecule has 0 radical (unpaired) electrons. The van der Waals surface area contributed by atoms with Crippen molar-refractivity contribution in [2.24, 2.45) is 0 Å². The Morgan fingerprint density at radius 1 is 1.12 bits per heavy atom. The number of ether oxygens (including phenoxy) is 2. The van der Waals surface area contributed by atoms with Gasteiger partial charge in [0.25, 0.3) is 5.91 Å². The molecule has 2 aliphatic heterocycles. The Hall–Kier alpha value is -1.89. The molecule has 1 spiro atoms. The number of rotatable bonds is 2. The molecule has 0 N–H and O–H groups in total. The zero-order valence-corrected chi connectivity index (χ0v) is 13.9. The van der Waals surface area contributed by atoms with Gasteiger partial charge in [0, 0.05) is 32.1 Å². The Kier molecular flexibility index (Phi) is 4.04. The molecule has 2 aromatic rings. The summed E-state index contributed by atoms with van der Waals surface area (Å²) < 4.78 is 13.0. The Balaban J connectivity index is 1.47. The van der Waals surface area contributed by atoms with Crippen LogP contribution in [0.5, 0.6) is 0 Å². The van der Waals surface area contributed by atoms with E-state index in [1.54, 1.807) is 27.9 Å². The first-order valence-electron chi connectivity index (χ1n) is 8.05. The molecule has 0 bridgehead atoms. The first kappa shape index (κ1) is 15.6. The molecule has 24 heavy (non-hydrogen) atoms. The van der Waals surface area contributed by atoms with Gasteiger partial charge in [-0.05, 0) is 18.2 Å². The maximum absolute atomic E-state index is 12.7. The SMILES string of the molecule is O=C(c1ccn(-c2ccccc2Cl)n1)N1CCC2(CC1)OCCO2. The summed E-state index contributed by atoms with van der Waals surface area (Å²) in [6.45, 7) is 2.49. The maximum Gasteiger partial charge on any atom is 0.274 e. The summed E-state index contributed by atoms with van der Waals surface area (Å²) in [7, 11) is 0. The quantitative estimate of drug-likeness (QED) is 0.837. The Morgan fingerprint density at radius 2 is 1.83 bits per heavy atom. The zero-order chi connectivity index (χ0) is 16.6. The maximum atomic E-state index is 12.7. The Morgan fingerprint density at radius 3 is 2.54 bits per heavy atom. The molecule has 6 nitrogen and oxygen atoms in total. The number of hydrogen-bond acceptors (Lipinski definition) is 4. The van der Waals surface area contributed by atoms with Crippen molar-refractivity contribution in [2.45, 2.75) is 18.6 Å². The van der Waals surface area contributed by atoms with Crippen LogP contribution in [0.25, 0.3) is 5.69 Å². The molecule has 3 heterocycles. The van der Waals surface area contributed by atoms with E-state index in [9.17, 15) is 4.79 Å². The normalized spacial score (nSPS) is 19.8. The van der Waals surface area contributed by atoms with Crippen LogP contribution in [0.2, 0.25) is 5.02 Å². The number of hydrogen-bond donors (Lipinski definition) is 0. The van der Waals surface area contributed by atoms with Crippen molar-refractivity contribution >= 4 is 17.5 Å². The van der Waals surface area contributed by atoms with Gasteiger partial charge in [-0.25, -0.2) is 4.68 Å². The van der Waals surface area contributed by atoms with E-state index in [1.807, 2.05) is 18.2 Å². The number of benzene rings is 1. The van der Waals surface area contributed by atoms with Crippen LogP contribution in [-0.2, 0) is 9.47 Å². The highest BCUT2D eigenvalue weighted by molar-refractivity contribution is 6.32. The van der Waals surface area contributed by atoms with Crippen molar-refractivity contribution in [2.75, 3.05) is 26.3 Å². The molecule has 0 unspecified atom stereocenters. The number of nitrogens with zero attached hydrogens (tertiary/aromatic N) is 3. The van der Waals surface area contributed by atoms with Crippen LogP contribution in [0.1, 0.15) is 23.3 Å². The minimum Gasteiger partial charge on any atom is -0.347 e. The predicted octanol–water partition coefficient (Wildman–Crippen LogP) is 2.50. The minimum atomic E-state index is -0.478. The van der Waals surface area contributed by atoms with Crippen LogP contribution in [0.4, 0.5) is 0 Å². The number of aromatic nitrogens is 2. The molecule has 0 aliphatic carbocycles. The van der Waals surface area contributed by atoms with Gasteiger partial charge in [-0.1, -0.05) is 23.7 Å². The van der Waals surface area contributed by atoms with Crippen molar-refractivity contribution < 1.29 is 14.3 Å². The first-order valence-corrected chi connectivity index (χ1v) is 8.42. The number of carbonyl (C=O) groups is 1. The predicted molar refractivity (Wildman–Crippen MR) is 88.3 cm³/mol. The van der Waals surface area contributed by atoms with E-state index >= 15 is 0 Å². The molecular weight excluding hydrogens is 330 g/mol. The molecule has 4 rings (SSSR count). The lowest BCUT2D eigenvalue weighted by atomic mass is 10.0. The van der Waals surface area contributed by atoms with Gasteiger partial charge in [-0.2, -0.15) is 5.10 Å². The largest absolute Gasteiger partial charge is 0.347 e. The first-order chi connectivity index (χ1) is 11.7. The van der Waals surface area contributed by atoms with Crippen LogP contribution < -0.4 is 0 Å². The number of likely N-dealkylation sites (tertiary alicyclic amines) is 1. The van der Waals surface area contributed by atoms with Crippen LogP contribution in [0, 0.1) is 0 Å². The van der Waals surface area contributed by atoms with Gasteiger partial charge >= 0.3 is 0 Å². The zero-order valence-electron chi connectivity index (χ0n) is 13.2. The van der Waals surface area contributed by atoms with E-state index in [2.05, 4.69) is 5.10 Å². The lowest BCUT2D eigenvalue weighted by Gasteiger charge is -2.37.